The second kappa shape index (κ2) is 4.24. The van der Waals surface area contributed by atoms with E-state index in [-0.39, 0.29) is 5.56 Å². The molecule has 0 amide bonds. The first-order valence-corrected chi connectivity index (χ1v) is 6.76. The van der Waals surface area contributed by atoms with Crippen LogP contribution in [0.4, 0.5) is 0 Å². The smallest absolute Gasteiger partial charge is 0.267 e. The Morgan fingerprint density at radius 2 is 2.11 bits per heavy atom. The van der Waals surface area contributed by atoms with Gasteiger partial charge in [-0.05, 0) is 19.1 Å². The predicted octanol–water partition coefficient (Wildman–Crippen LogP) is 1.97. The molecular weight excluding hydrogens is 246 g/mol. The molecule has 2 heterocycles. The van der Waals surface area contributed by atoms with Crippen molar-refractivity contribution < 1.29 is 0 Å². The summed E-state index contributed by atoms with van der Waals surface area (Å²) in [6.07, 6.45) is 0.752. The Balaban J connectivity index is 2.37. The van der Waals surface area contributed by atoms with Crippen LogP contribution in [0.2, 0.25) is 0 Å². The van der Waals surface area contributed by atoms with Crippen LogP contribution in [0.1, 0.15) is 18.4 Å². The van der Waals surface area contributed by atoms with Gasteiger partial charge in [0.25, 0.3) is 5.56 Å². The summed E-state index contributed by atoms with van der Waals surface area (Å²) < 4.78 is 1.70. The number of hydrogen-bond donors (Lipinski definition) is 0. The van der Waals surface area contributed by atoms with Crippen molar-refractivity contribution in [1.29, 1.82) is 0 Å². The molecule has 1 aromatic heterocycles. The summed E-state index contributed by atoms with van der Waals surface area (Å²) in [7, 11) is 0. The maximum Gasteiger partial charge on any atom is 0.279 e. The summed E-state index contributed by atoms with van der Waals surface area (Å²) in [5.74, 6) is 0.746. The Labute approximate surface area is 109 Å². The Hall–Kier alpha value is -1.62. The van der Waals surface area contributed by atoms with Crippen molar-refractivity contribution >= 4 is 11.8 Å². The highest BCUT2D eigenvalue weighted by Gasteiger charge is 2.21. The molecule has 0 saturated heterocycles. The topological polar surface area (TPSA) is 47.8 Å². The summed E-state index contributed by atoms with van der Waals surface area (Å²) in [6, 6.07) is 7.96. The van der Waals surface area contributed by atoms with Crippen molar-refractivity contribution in [2.75, 3.05) is 0 Å². The molecule has 92 valence electrons. The summed E-state index contributed by atoms with van der Waals surface area (Å²) in [6.45, 7) is 3.84. The fraction of sp³-hybridized carbons (Fsp3) is 0.308. The van der Waals surface area contributed by atoms with Gasteiger partial charge >= 0.3 is 0 Å². The lowest BCUT2D eigenvalue weighted by Crippen LogP contribution is -2.27. The molecule has 18 heavy (non-hydrogen) atoms. The number of thioether (sulfide) groups is 1. The van der Waals surface area contributed by atoms with Gasteiger partial charge in [-0.25, -0.2) is 0 Å². The molecule has 1 unspecified atom stereocenters. The highest BCUT2D eigenvalue weighted by Crippen LogP contribution is 2.33. The summed E-state index contributed by atoms with van der Waals surface area (Å²) >= 11 is 1.78. The van der Waals surface area contributed by atoms with E-state index in [0.717, 1.165) is 22.8 Å². The van der Waals surface area contributed by atoms with Crippen molar-refractivity contribution in [1.82, 2.24) is 14.8 Å². The van der Waals surface area contributed by atoms with Gasteiger partial charge in [-0.3, -0.25) is 9.36 Å². The van der Waals surface area contributed by atoms with Crippen molar-refractivity contribution in [2.45, 2.75) is 30.4 Å². The number of hydrogen-bond acceptors (Lipinski definition) is 4. The molecule has 1 atom stereocenters. The Morgan fingerprint density at radius 1 is 1.33 bits per heavy atom. The summed E-state index contributed by atoms with van der Waals surface area (Å²) in [4.78, 5) is 13.4. The van der Waals surface area contributed by atoms with E-state index in [1.807, 2.05) is 24.3 Å². The number of rotatable bonds is 0. The number of nitrogens with zero attached hydrogens (tertiary/aromatic N) is 3. The minimum atomic E-state index is -0.0675. The van der Waals surface area contributed by atoms with E-state index < -0.39 is 0 Å². The summed E-state index contributed by atoms with van der Waals surface area (Å²) in [5, 5.41) is 8.52. The molecular formula is C13H13N3OS. The molecule has 0 saturated carbocycles. The van der Waals surface area contributed by atoms with E-state index in [2.05, 4.69) is 17.1 Å². The highest BCUT2D eigenvalue weighted by atomic mass is 32.2. The lowest BCUT2D eigenvalue weighted by atomic mass is 10.2. The Morgan fingerprint density at radius 3 is 2.94 bits per heavy atom. The van der Waals surface area contributed by atoms with Crippen LogP contribution in [0.5, 0.6) is 0 Å². The molecule has 2 aromatic rings. The van der Waals surface area contributed by atoms with Crippen LogP contribution in [-0.4, -0.2) is 20.0 Å². The second-order valence-electron chi connectivity index (χ2n) is 4.44. The normalized spacial score (nSPS) is 17.8. The second-order valence-corrected chi connectivity index (χ2v) is 5.92. The maximum absolute atomic E-state index is 12.3. The number of fused-ring (bicyclic) bond motifs is 3. The van der Waals surface area contributed by atoms with Crippen LogP contribution < -0.4 is 5.56 Å². The molecule has 1 aliphatic rings. The van der Waals surface area contributed by atoms with Gasteiger partial charge in [0.2, 0.25) is 0 Å². The van der Waals surface area contributed by atoms with Crippen molar-refractivity contribution in [3.8, 4) is 5.69 Å². The molecule has 0 aliphatic carbocycles. The lowest BCUT2D eigenvalue weighted by molar-refractivity contribution is 0.712. The number of aryl methyl sites for hydroxylation is 1. The minimum absolute atomic E-state index is 0.0675. The zero-order chi connectivity index (χ0) is 12.7. The molecule has 3 rings (SSSR count). The molecule has 0 spiro atoms. The summed E-state index contributed by atoms with van der Waals surface area (Å²) in [5.41, 5.74) is 1.29. The van der Waals surface area contributed by atoms with E-state index in [9.17, 15) is 4.79 Å². The van der Waals surface area contributed by atoms with Gasteiger partial charge in [-0.2, -0.15) is 0 Å². The van der Waals surface area contributed by atoms with E-state index in [0.29, 0.717) is 10.9 Å². The molecule has 0 N–H and O–H groups in total. The van der Waals surface area contributed by atoms with Crippen LogP contribution in [0.3, 0.4) is 0 Å². The fourth-order valence-electron chi connectivity index (χ4n) is 2.14. The largest absolute Gasteiger partial charge is 0.279 e. The van der Waals surface area contributed by atoms with E-state index in [1.165, 1.54) is 0 Å². The van der Waals surface area contributed by atoms with Gasteiger partial charge in [0.05, 0.1) is 5.69 Å². The monoisotopic (exact) mass is 259 g/mol. The number of para-hydroxylation sites is 1. The van der Waals surface area contributed by atoms with Gasteiger partial charge in [-0.15, -0.1) is 22.0 Å². The maximum atomic E-state index is 12.3. The molecule has 4 nitrogen and oxygen atoms in total. The first-order valence-electron chi connectivity index (χ1n) is 5.88. The average Bonchev–Trinajstić information content (AvgIpc) is 2.49. The fourth-order valence-corrected chi connectivity index (χ4v) is 3.24. The van der Waals surface area contributed by atoms with E-state index >= 15 is 0 Å². The van der Waals surface area contributed by atoms with Crippen LogP contribution in [-0.2, 0) is 6.42 Å². The number of benzene rings is 1. The van der Waals surface area contributed by atoms with Crippen molar-refractivity contribution in [3.05, 3.63) is 46.1 Å². The van der Waals surface area contributed by atoms with Gasteiger partial charge in [-0.1, -0.05) is 19.1 Å². The van der Waals surface area contributed by atoms with Gasteiger partial charge in [0.1, 0.15) is 11.5 Å². The van der Waals surface area contributed by atoms with Crippen molar-refractivity contribution in [3.63, 3.8) is 0 Å². The van der Waals surface area contributed by atoms with E-state index in [1.54, 1.807) is 23.3 Å². The third-order valence-electron chi connectivity index (χ3n) is 2.99. The zero-order valence-electron chi connectivity index (χ0n) is 10.3. The van der Waals surface area contributed by atoms with Crippen LogP contribution >= 0.6 is 11.8 Å². The average molecular weight is 259 g/mol. The minimum Gasteiger partial charge on any atom is -0.267 e. The Bertz CT molecular complexity index is 666. The lowest BCUT2D eigenvalue weighted by Gasteiger charge is -2.10. The van der Waals surface area contributed by atoms with Gasteiger partial charge in [0, 0.05) is 16.6 Å². The SMILES string of the molecule is Cc1nnc2n(c1=O)-c1ccccc1SC(C)C2. The first kappa shape index (κ1) is 11.5. The van der Waals surface area contributed by atoms with Gasteiger partial charge < -0.3 is 0 Å². The third kappa shape index (κ3) is 1.75. The zero-order valence-corrected chi connectivity index (χ0v) is 11.1. The first-order chi connectivity index (χ1) is 8.66. The third-order valence-corrected chi connectivity index (χ3v) is 4.16. The molecule has 0 radical (unpaired) electrons. The van der Waals surface area contributed by atoms with Gasteiger partial charge in [0.15, 0.2) is 0 Å². The van der Waals surface area contributed by atoms with Crippen LogP contribution in [0.15, 0.2) is 34.0 Å². The molecule has 5 heteroatoms. The molecule has 0 bridgehead atoms. The Kier molecular flexibility index (Phi) is 2.70. The molecule has 0 fully saturated rings. The number of aromatic nitrogens is 3. The standard InChI is InChI=1S/C13H13N3OS/c1-8-7-12-15-14-9(2)13(17)16(12)10-5-3-4-6-11(10)18-8/h3-6,8H,7H2,1-2H3. The van der Waals surface area contributed by atoms with Crippen LogP contribution in [0.25, 0.3) is 5.69 Å². The quantitative estimate of drug-likeness (QED) is 0.725. The molecule has 1 aliphatic heterocycles. The van der Waals surface area contributed by atoms with Crippen LogP contribution in [0, 0.1) is 6.92 Å². The van der Waals surface area contributed by atoms with E-state index in [4.69, 9.17) is 0 Å². The highest BCUT2D eigenvalue weighted by molar-refractivity contribution is 8.00. The predicted molar refractivity (Wildman–Crippen MR) is 71.4 cm³/mol. The molecule has 1 aromatic carbocycles. The van der Waals surface area contributed by atoms with Crippen molar-refractivity contribution in [2.24, 2.45) is 0 Å².